The fourth-order valence-electron chi connectivity index (χ4n) is 1.69. The highest BCUT2D eigenvalue weighted by Gasteiger charge is 2.12. The first-order valence-corrected chi connectivity index (χ1v) is 9.25. The smallest absolute Gasteiger partial charge is 0.257 e. The summed E-state index contributed by atoms with van der Waals surface area (Å²) in [6.45, 7) is 8.20. The molecule has 2 aromatic rings. The Bertz CT molecular complexity index is 641. The summed E-state index contributed by atoms with van der Waals surface area (Å²) < 4.78 is 6.43. The first kappa shape index (κ1) is 17.7. The van der Waals surface area contributed by atoms with Crippen LogP contribution in [0.4, 0.5) is 5.13 Å². The molecule has 5 nitrogen and oxygen atoms in total. The molecule has 0 saturated heterocycles. The molecule has 1 aromatic heterocycles. The zero-order valence-electron chi connectivity index (χ0n) is 13.7. The molecule has 1 amide bonds. The summed E-state index contributed by atoms with van der Waals surface area (Å²) in [6.07, 6.45) is 1.18. The second-order valence-corrected chi connectivity index (χ2v) is 8.02. The van der Waals surface area contributed by atoms with Crippen LogP contribution >= 0.6 is 23.1 Å². The van der Waals surface area contributed by atoms with E-state index in [1.807, 2.05) is 13.8 Å². The Morgan fingerprint density at radius 2 is 1.96 bits per heavy atom. The van der Waals surface area contributed by atoms with Gasteiger partial charge in [0.2, 0.25) is 5.13 Å². The van der Waals surface area contributed by atoms with Crippen molar-refractivity contribution in [2.45, 2.75) is 49.8 Å². The van der Waals surface area contributed by atoms with Gasteiger partial charge in [-0.3, -0.25) is 10.1 Å². The predicted molar refractivity (Wildman–Crippen MR) is 95.7 cm³/mol. The minimum Gasteiger partial charge on any atom is -0.491 e. The lowest BCUT2D eigenvalue weighted by atomic mass is 10.2. The monoisotopic (exact) mass is 351 g/mol. The topological polar surface area (TPSA) is 64.1 Å². The highest BCUT2D eigenvalue weighted by molar-refractivity contribution is 8.01. The molecule has 0 bridgehead atoms. The molecule has 7 heteroatoms. The Hall–Kier alpha value is -1.60. The van der Waals surface area contributed by atoms with Crippen LogP contribution < -0.4 is 10.1 Å². The molecule has 1 aromatic carbocycles. The highest BCUT2D eigenvalue weighted by Crippen LogP contribution is 2.30. The number of anilines is 1. The van der Waals surface area contributed by atoms with Gasteiger partial charge in [0.25, 0.3) is 5.91 Å². The van der Waals surface area contributed by atoms with Crippen LogP contribution in [0.3, 0.4) is 0 Å². The van der Waals surface area contributed by atoms with E-state index in [2.05, 4.69) is 29.4 Å². The molecule has 0 aliphatic rings. The molecule has 0 aliphatic heterocycles. The average molecular weight is 351 g/mol. The second kappa shape index (κ2) is 8.31. The third-order valence-electron chi connectivity index (χ3n) is 2.99. The molecule has 0 aliphatic carbocycles. The van der Waals surface area contributed by atoms with Crippen molar-refractivity contribution in [3.8, 4) is 5.75 Å². The molecule has 1 unspecified atom stereocenters. The lowest BCUT2D eigenvalue weighted by molar-refractivity contribution is 0.102. The fraction of sp³-hybridized carbons (Fsp3) is 0.438. The van der Waals surface area contributed by atoms with Gasteiger partial charge in [-0.2, -0.15) is 0 Å². The largest absolute Gasteiger partial charge is 0.491 e. The number of rotatable bonds is 7. The molecule has 23 heavy (non-hydrogen) atoms. The van der Waals surface area contributed by atoms with Crippen molar-refractivity contribution in [3.05, 3.63) is 29.8 Å². The number of ether oxygens (including phenoxy) is 1. The van der Waals surface area contributed by atoms with Crippen molar-refractivity contribution in [3.63, 3.8) is 0 Å². The van der Waals surface area contributed by atoms with Crippen LogP contribution in [0, 0.1) is 0 Å². The SMILES string of the molecule is CCC(C)Sc1nnc(NC(=O)c2ccc(OC(C)C)cc2)s1. The van der Waals surface area contributed by atoms with Crippen LogP contribution in [-0.4, -0.2) is 27.5 Å². The van der Waals surface area contributed by atoms with Gasteiger partial charge in [-0.25, -0.2) is 0 Å². The third kappa shape index (κ3) is 5.51. The molecule has 0 fully saturated rings. The van der Waals surface area contributed by atoms with Gasteiger partial charge in [-0.15, -0.1) is 10.2 Å². The lowest BCUT2D eigenvalue weighted by Crippen LogP contribution is -2.12. The van der Waals surface area contributed by atoms with E-state index in [9.17, 15) is 4.79 Å². The number of aromatic nitrogens is 2. The van der Waals surface area contributed by atoms with E-state index in [0.717, 1.165) is 16.5 Å². The normalized spacial score (nSPS) is 12.2. The predicted octanol–water partition coefficient (Wildman–Crippen LogP) is 4.47. The van der Waals surface area contributed by atoms with E-state index in [4.69, 9.17) is 4.74 Å². The zero-order chi connectivity index (χ0) is 16.8. The summed E-state index contributed by atoms with van der Waals surface area (Å²) in [7, 11) is 0. The van der Waals surface area contributed by atoms with E-state index in [1.54, 1.807) is 36.0 Å². The van der Waals surface area contributed by atoms with Gasteiger partial charge < -0.3 is 4.74 Å². The molecule has 124 valence electrons. The summed E-state index contributed by atoms with van der Waals surface area (Å²) in [4.78, 5) is 12.2. The molecular weight excluding hydrogens is 330 g/mol. The number of nitrogens with one attached hydrogen (secondary N) is 1. The van der Waals surface area contributed by atoms with Crippen molar-refractivity contribution in [1.82, 2.24) is 10.2 Å². The summed E-state index contributed by atoms with van der Waals surface area (Å²) in [6, 6.07) is 7.06. The zero-order valence-corrected chi connectivity index (χ0v) is 15.3. The van der Waals surface area contributed by atoms with Crippen LogP contribution in [0.1, 0.15) is 44.5 Å². The van der Waals surface area contributed by atoms with E-state index in [0.29, 0.717) is 15.9 Å². The van der Waals surface area contributed by atoms with E-state index < -0.39 is 0 Å². The summed E-state index contributed by atoms with van der Waals surface area (Å²) in [5, 5.41) is 11.9. The number of hydrogen-bond donors (Lipinski definition) is 1. The van der Waals surface area contributed by atoms with Crippen LogP contribution in [0.15, 0.2) is 28.6 Å². The Balaban J connectivity index is 1.96. The molecule has 0 saturated carbocycles. The minimum atomic E-state index is -0.197. The van der Waals surface area contributed by atoms with Crippen molar-refractivity contribution < 1.29 is 9.53 Å². The maximum absolute atomic E-state index is 12.2. The number of hydrogen-bond acceptors (Lipinski definition) is 6. The van der Waals surface area contributed by atoms with Crippen LogP contribution in [-0.2, 0) is 0 Å². The molecule has 1 N–H and O–H groups in total. The molecule has 1 heterocycles. The maximum atomic E-state index is 12.2. The number of thioether (sulfide) groups is 1. The molecule has 0 spiro atoms. The van der Waals surface area contributed by atoms with Crippen LogP contribution in [0.5, 0.6) is 5.75 Å². The summed E-state index contributed by atoms with van der Waals surface area (Å²) in [5.74, 6) is 0.553. The van der Waals surface area contributed by atoms with E-state index in [-0.39, 0.29) is 12.0 Å². The number of amides is 1. The van der Waals surface area contributed by atoms with E-state index >= 15 is 0 Å². The fourth-order valence-corrected chi connectivity index (χ4v) is 3.68. The highest BCUT2D eigenvalue weighted by atomic mass is 32.2. The molecule has 0 radical (unpaired) electrons. The molecule has 1 atom stereocenters. The second-order valence-electron chi connectivity index (χ2n) is 5.35. The summed E-state index contributed by atoms with van der Waals surface area (Å²) >= 11 is 3.07. The third-order valence-corrected chi connectivity index (χ3v) is 5.18. The number of carbonyl (C=O) groups is 1. The Kier molecular flexibility index (Phi) is 6.41. The van der Waals surface area contributed by atoms with Crippen molar-refractivity contribution >= 4 is 34.1 Å². The Labute approximate surface area is 144 Å². The van der Waals surface area contributed by atoms with Crippen LogP contribution in [0.25, 0.3) is 0 Å². The van der Waals surface area contributed by atoms with Gasteiger partial charge in [0.1, 0.15) is 5.75 Å². The first-order chi connectivity index (χ1) is 11.0. The van der Waals surface area contributed by atoms with Gasteiger partial charge in [0.05, 0.1) is 6.10 Å². The molecular formula is C16H21N3O2S2. The Morgan fingerprint density at radius 1 is 1.26 bits per heavy atom. The maximum Gasteiger partial charge on any atom is 0.257 e. The lowest BCUT2D eigenvalue weighted by Gasteiger charge is -2.09. The van der Waals surface area contributed by atoms with Crippen molar-refractivity contribution in [2.24, 2.45) is 0 Å². The van der Waals surface area contributed by atoms with Gasteiger partial charge in [-0.05, 0) is 44.5 Å². The van der Waals surface area contributed by atoms with Gasteiger partial charge in [0.15, 0.2) is 4.34 Å². The summed E-state index contributed by atoms with van der Waals surface area (Å²) in [5.41, 5.74) is 0.562. The quantitative estimate of drug-likeness (QED) is 0.589. The number of nitrogens with zero attached hydrogens (tertiary/aromatic N) is 2. The van der Waals surface area contributed by atoms with Gasteiger partial charge in [0, 0.05) is 10.8 Å². The molecule has 2 rings (SSSR count). The minimum absolute atomic E-state index is 0.109. The standard InChI is InChI=1S/C16H21N3O2S2/c1-5-11(4)22-16-19-18-15(23-16)17-14(20)12-6-8-13(9-7-12)21-10(2)3/h6-11H,5H2,1-4H3,(H,17,18,20). The van der Waals surface area contributed by atoms with Crippen LogP contribution in [0.2, 0.25) is 0 Å². The van der Waals surface area contributed by atoms with Crippen molar-refractivity contribution in [1.29, 1.82) is 0 Å². The van der Waals surface area contributed by atoms with Gasteiger partial charge in [-0.1, -0.05) is 36.9 Å². The van der Waals surface area contributed by atoms with Crippen molar-refractivity contribution in [2.75, 3.05) is 5.32 Å². The van der Waals surface area contributed by atoms with Gasteiger partial charge >= 0.3 is 0 Å². The number of carbonyl (C=O) groups excluding carboxylic acids is 1. The first-order valence-electron chi connectivity index (χ1n) is 7.56. The number of benzene rings is 1. The van der Waals surface area contributed by atoms with E-state index in [1.165, 1.54) is 11.3 Å². The average Bonchev–Trinajstić information content (AvgIpc) is 2.94. The Morgan fingerprint density at radius 3 is 2.57 bits per heavy atom.